The second-order valence-electron chi connectivity index (χ2n) is 7.19. The first kappa shape index (κ1) is 23.3. The summed E-state index contributed by atoms with van der Waals surface area (Å²) in [5.41, 5.74) is 2.13. The molecule has 2 aromatic rings. The standard InChI is InChI=1S/C23H34N4O3/c1-5-24-23(26-14-6-13-25-22(28)21-18(3)12-16-30-21)27-15-11-17(2)19-7-9-20(29-4)10-8-19/h7-10,12,16-17H,5-6,11,13-15H2,1-4H3,(H,25,28)(H2,24,26,27). The number of benzene rings is 1. The van der Waals surface area contributed by atoms with Crippen LogP contribution < -0.4 is 20.7 Å². The van der Waals surface area contributed by atoms with Gasteiger partial charge in [0.1, 0.15) is 5.75 Å². The molecule has 1 atom stereocenters. The fourth-order valence-corrected chi connectivity index (χ4v) is 3.01. The molecule has 1 heterocycles. The Morgan fingerprint density at radius 3 is 2.53 bits per heavy atom. The molecule has 1 aromatic carbocycles. The van der Waals surface area contributed by atoms with E-state index in [1.807, 2.05) is 26.0 Å². The fraction of sp³-hybridized carbons (Fsp3) is 0.478. The third-order valence-electron chi connectivity index (χ3n) is 4.86. The molecule has 1 aromatic heterocycles. The highest BCUT2D eigenvalue weighted by Gasteiger charge is 2.11. The Morgan fingerprint density at radius 1 is 1.13 bits per heavy atom. The van der Waals surface area contributed by atoms with Crippen LogP contribution in [0.25, 0.3) is 0 Å². The highest BCUT2D eigenvalue weighted by Crippen LogP contribution is 2.21. The van der Waals surface area contributed by atoms with Crippen LogP contribution in [0.3, 0.4) is 0 Å². The van der Waals surface area contributed by atoms with Crippen LogP contribution in [0.15, 0.2) is 46.0 Å². The van der Waals surface area contributed by atoms with Gasteiger partial charge in [-0.25, -0.2) is 0 Å². The van der Waals surface area contributed by atoms with Gasteiger partial charge in [0.05, 0.1) is 13.4 Å². The van der Waals surface area contributed by atoms with E-state index in [0.717, 1.165) is 43.2 Å². The van der Waals surface area contributed by atoms with Crippen molar-refractivity contribution < 1.29 is 13.9 Å². The van der Waals surface area contributed by atoms with Crippen molar-refractivity contribution in [1.82, 2.24) is 16.0 Å². The maximum absolute atomic E-state index is 12.0. The van der Waals surface area contributed by atoms with Gasteiger partial charge in [-0.1, -0.05) is 19.1 Å². The van der Waals surface area contributed by atoms with Gasteiger partial charge < -0.3 is 25.1 Å². The van der Waals surface area contributed by atoms with E-state index in [4.69, 9.17) is 9.15 Å². The Kier molecular flexibility index (Phi) is 9.77. The van der Waals surface area contributed by atoms with Crippen molar-refractivity contribution in [3.63, 3.8) is 0 Å². The molecular formula is C23H34N4O3. The number of carbonyl (C=O) groups is 1. The van der Waals surface area contributed by atoms with E-state index in [2.05, 4.69) is 40.0 Å². The molecule has 0 radical (unpaired) electrons. The zero-order valence-corrected chi connectivity index (χ0v) is 18.5. The summed E-state index contributed by atoms with van der Waals surface area (Å²) >= 11 is 0. The molecule has 7 nitrogen and oxygen atoms in total. The molecule has 1 unspecified atom stereocenters. The van der Waals surface area contributed by atoms with Gasteiger partial charge in [-0.2, -0.15) is 0 Å². The van der Waals surface area contributed by atoms with Crippen LogP contribution in [0.1, 0.15) is 54.3 Å². The summed E-state index contributed by atoms with van der Waals surface area (Å²) < 4.78 is 10.4. The fourth-order valence-electron chi connectivity index (χ4n) is 3.01. The predicted octanol–water partition coefficient (Wildman–Crippen LogP) is 3.47. The van der Waals surface area contributed by atoms with Gasteiger partial charge in [0.15, 0.2) is 11.7 Å². The Hall–Kier alpha value is -2.96. The number of nitrogens with one attached hydrogen (secondary N) is 3. The number of aryl methyl sites for hydroxylation is 1. The first-order chi connectivity index (χ1) is 14.5. The summed E-state index contributed by atoms with van der Waals surface area (Å²) in [7, 11) is 1.68. The molecule has 2 rings (SSSR count). The number of carbonyl (C=O) groups excluding carboxylic acids is 1. The maximum Gasteiger partial charge on any atom is 0.287 e. The molecule has 1 amide bonds. The number of ether oxygens (including phenoxy) is 1. The minimum Gasteiger partial charge on any atom is -0.497 e. The second kappa shape index (κ2) is 12.6. The number of guanidine groups is 1. The summed E-state index contributed by atoms with van der Waals surface area (Å²) in [6.07, 6.45) is 3.28. The van der Waals surface area contributed by atoms with Crippen LogP contribution in [-0.2, 0) is 0 Å². The van der Waals surface area contributed by atoms with Crippen molar-refractivity contribution >= 4 is 11.9 Å². The molecule has 0 aliphatic heterocycles. The van der Waals surface area contributed by atoms with E-state index in [9.17, 15) is 4.79 Å². The van der Waals surface area contributed by atoms with Crippen LogP contribution in [0.5, 0.6) is 5.75 Å². The molecule has 7 heteroatoms. The molecule has 30 heavy (non-hydrogen) atoms. The average molecular weight is 415 g/mol. The number of nitrogens with zero attached hydrogens (tertiary/aromatic N) is 1. The lowest BCUT2D eigenvalue weighted by Crippen LogP contribution is -2.38. The maximum atomic E-state index is 12.0. The van der Waals surface area contributed by atoms with Gasteiger partial charge in [-0.15, -0.1) is 0 Å². The lowest BCUT2D eigenvalue weighted by Gasteiger charge is -2.15. The number of furan rings is 1. The van der Waals surface area contributed by atoms with Gasteiger partial charge in [-0.05, 0) is 56.4 Å². The topological polar surface area (TPSA) is 87.9 Å². The zero-order valence-electron chi connectivity index (χ0n) is 18.5. The molecule has 3 N–H and O–H groups in total. The SMILES string of the molecule is CCNC(=NCCCNC(=O)c1occc1C)NCCC(C)c1ccc(OC)cc1. The molecule has 164 valence electrons. The molecule has 0 saturated heterocycles. The lowest BCUT2D eigenvalue weighted by atomic mass is 9.98. The molecule has 0 aliphatic carbocycles. The molecule has 0 fully saturated rings. The van der Waals surface area contributed by atoms with Gasteiger partial charge in [-0.3, -0.25) is 9.79 Å². The third-order valence-corrected chi connectivity index (χ3v) is 4.86. The average Bonchev–Trinajstić information content (AvgIpc) is 3.19. The Labute approximate surface area is 179 Å². The number of rotatable bonds is 11. The highest BCUT2D eigenvalue weighted by atomic mass is 16.5. The predicted molar refractivity (Wildman–Crippen MR) is 120 cm³/mol. The molecule has 0 saturated carbocycles. The summed E-state index contributed by atoms with van der Waals surface area (Å²) in [6.45, 7) is 8.92. The van der Waals surface area contributed by atoms with Gasteiger partial charge in [0.2, 0.25) is 0 Å². The minimum absolute atomic E-state index is 0.181. The van der Waals surface area contributed by atoms with E-state index in [0.29, 0.717) is 24.8 Å². The van der Waals surface area contributed by atoms with Crippen LogP contribution in [0.4, 0.5) is 0 Å². The summed E-state index contributed by atoms with van der Waals surface area (Å²) in [5, 5.41) is 9.51. The van der Waals surface area contributed by atoms with E-state index in [1.165, 1.54) is 11.8 Å². The van der Waals surface area contributed by atoms with E-state index in [-0.39, 0.29) is 5.91 Å². The normalized spacial score (nSPS) is 12.3. The molecular weight excluding hydrogens is 380 g/mol. The number of methoxy groups -OCH3 is 1. The number of amides is 1. The van der Waals surface area contributed by atoms with Crippen molar-refractivity contribution in [3.8, 4) is 5.75 Å². The summed E-state index contributed by atoms with van der Waals surface area (Å²) in [4.78, 5) is 16.6. The quantitative estimate of drug-likeness (QED) is 0.298. The number of hydrogen-bond acceptors (Lipinski definition) is 4. The van der Waals surface area contributed by atoms with Gasteiger partial charge in [0.25, 0.3) is 5.91 Å². The Balaban J connectivity index is 1.70. The van der Waals surface area contributed by atoms with Crippen molar-refractivity contribution in [2.45, 2.75) is 39.5 Å². The van der Waals surface area contributed by atoms with Crippen LogP contribution >= 0.6 is 0 Å². The van der Waals surface area contributed by atoms with Crippen molar-refractivity contribution in [2.75, 3.05) is 33.3 Å². The van der Waals surface area contributed by atoms with Crippen LogP contribution in [0.2, 0.25) is 0 Å². The van der Waals surface area contributed by atoms with Gasteiger partial charge in [0, 0.05) is 31.7 Å². The Morgan fingerprint density at radius 2 is 1.90 bits per heavy atom. The smallest absolute Gasteiger partial charge is 0.287 e. The third kappa shape index (κ3) is 7.46. The minimum atomic E-state index is -0.181. The zero-order chi connectivity index (χ0) is 21.8. The van der Waals surface area contributed by atoms with Crippen molar-refractivity contribution in [3.05, 3.63) is 53.5 Å². The monoisotopic (exact) mass is 414 g/mol. The first-order valence-electron chi connectivity index (χ1n) is 10.5. The Bertz CT molecular complexity index is 799. The van der Waals surface area contributed by atoms with Gasteiger partial charge >= 0.3 is 0 Å². The molecule has 0 bridgehead atoms. The molecule has 0 spiro atoms. The summed E-state index contributed by atoms with van der Waals surface area (Å²) in [6, 6.07) is 10.00. The molecule has 0 aliphatic rings. The van der Waals surface area contributed by atoms with Crippen molar-refractivity contribution in [2.24, 2.45) is 4.99 Å². The van der Waals surface area contributed by atoms with E-state index in [1.54, 1.807) is 13.2 Å². The number of hydrogen-bond donors (Lipinski definition) is 3. The first-order valence-corrected chi connectivity index (χ1v) is 10.5. The number of aliphatic imine (C=N–C) groups is 1. The van der Waals surface area contributed by atoms with Crippen LogP contribution in [-0.4, -0.2) is 45.2 Å². The summed E-state index contributed by atoms with van der Waals surface area (Å²) in [5.74, 6) is 2.30. The van der Waals surface area contributed by atoms with E-state index >= 15 is 0 Å². The second-order valence-corrected chi connectivity index (χ2v) is 7.19. The van der Waals surface area contributed by atoms with Crippen molar-refractivity contribution in [1.29, 1.82) is 0 Å². The largest absolute Gasteiger partial charge is 0.497 e. The van der Waals surface area contributed by atoms with E-state index < -0.39 is 0 Å². The van der Waals surface area contributed by atoms with Crippen LogP contribution in [0, 0.1) is 6.92 Å². The highest BCUT2D eigenvalue weighted by molar-refractivity contribution is 5.92. The lowest BCUT2D eigenvalue weighted by molar-refractivity contribution is 0.0925.